The molecular formula is C54H66N16. The Bertz CT molecular complexity index is 2280. The largest absolute Gasteiger partial charge is 0.364 e. The molecular weight excluding hydrogens is 873 g/mol. The third kappa shape index (κ3) is 10.5. The van der Waals surface area contributed by atoms with E-state index >= 15 is 0 Å². The van der Waals surface area contributed by atoms with Crippen LogP contribution in [0.4, 0.5) is 0 Å². The lowest BCUT2D eigenvalue weighted by Crippen LogP contribution is -2.50. The van der Waals surface area contributed by atoms with Gasteiger partial charge in [-0.25, -0.2) is 0 Å². The first kappa shape index (κ1) is 44.7. The van der Waals surface area contributed by atoms with E-state index in [0.717, 1.165) is 87.4 Å². The van der Waals surface area contributed by atoms with Gasteiger partial charge in [-0.05, 0) is 0 Å². The molecule has 0 saturated carbocycles. The van der Waals surface area contributed by atoms with Gasteiger partial charge in [0.25, 0.3) is 0 Å². The number of fused-ring (bicyclic) bond motifs is 6. The Hall–Kier alpha value is -6.46. The molecule has 0 bridgehead atoms. The molecule has 16 heteroatoms. The first-order valence-electron chi connectivity index (χ1n) is 25.5. The lowest BCUT2D eigenvalue weighted by molar-refractivity contribution is 0.197. The van der Waals surface area contributed by atoms with Crippen LogP contribution in [0.1, 0.15) is 0 Å². The number of nitrogens with one attached hydrogen (secondary N) is 6. The molecule has 0 spiro atoms. The van der Waals surface area contributed by atoms with Crippen molar-refractivity contribution >= 4 is 35.0 Å². The maximum Gasteiger partial charge on any atom is 0.112 e. The summed E-state index contributed by atoms with van der Waals surface area (Å²) < 4.78 is 0. The van der Waals surface area contributed by atoms with Gasteiger partial charge < -0.3 is 31.9 Å². The van der Waals surface area contributed by atoms with Crippen LogP contribution in [0.5, 0.6) is 0 Å². The Kier molecular flexibility index (Phi) is 13.1. The monoisotopic (exact) mass is 939 g/mol. The molecule has 0 saturated heterocycles. The molecule has 12 unspecified atom stereocenters. The van der Waals surface area contributed by atoms with E-state index < -0.39 is 0 Å². The highest BCUT2D eigenvalue weighted by Crippen LogP contribution is 2.21. The van der Waals surface area contributed by atoms with Crippen LogP contribution >= 0.6 is 0 Å². The van der Waals surface area contributed by atoms with E-state index in [9.17, 15) is 0 Å². The third-order valence-electron chi connectivity index (χ3n) is 14.9. The second kappa shape index (κ2) is 20.5. The quantitative estimate of drug-likeness (QED) is 0.0995. The first-order chi connectivity index (χ1) is 34.5. The van der Waals surface area contributed by atoms with Gasteiger partial charge >= 0.3 is 0 Å². The fraction of sp³-hybridized carbons (Fsp3) is 0.444. The Balaban J connectivity index is 0.779. The lowest BCUT2D eigenvalue weighted by atomic mass is 10.1. The van der Waals surface area contributed by atoms with Gasteiger partial charge in [0.2, 0.25) is 0 Å². The molecule has 6 heterocycles. The van der Waals surface area contributed by atoms with Gasteiger partial charge in [-0.3, -0.25) is 49.6 Å². The SMILES string of the molecule is C1=CC2N=C(CN(CCN(CCN(CC3=NC4C=CC=CC4N3)CC3=NC4C=CC=CC4N3)CC3=NC4C=CC=CC4N3)CCN(CC3=NC4C=CC=CC4N3)CC3=NC4C=CC=CC4N3)NC2C=C1. The summed E-state index contributed by atoms with van der Waals surface area (Å²) in [6, 6.07) is 1.99. The lowest BCUT2D eigenvalue weighted by Gasteiger charge is -2.32. The first-order valence-corrected chi connectivity index (χ1v) is 25.5. The van der Waals surface area contributed by atoms with E-state index in [2.05, 4.69) is 197 Å². The van der Waals surface area contributed by atoms with Crippen LogP contribution in [0.25, 0.3) is 0 Å². The maximum atomic E-state index is 5.20. The summed E-state index contributed by atoms with van der Waals surface area (Å²) in [5, 5.41) is 22.4. The molecule has 0 aromatic carbocycles. The standard InChI is InChI=1S/C54H66N16/c1-2-14-38-37(13-1)55-49(56-38)31-67(27-29-69(33-51-59-41-17-5-6-18-42(41)60-51)34-52-61-43-19-7-8-20-44(43)62-52)25-26-68(32-50-57-39-15-3-4-16-40(39)58-50)28-30-70(35-53-63-45-21-9-10-22-46(45)64-53)36-54-65-47-23-11-12-24-48(47)66-54/h1-24,37-48H,25-36H2,(H,55,56)(H,57,58)(H,59,60)(H,61,62)(H,63,64)(H,65,66). The van der Waals surface area contributed by atoms with Crippen LogP contribution in [-0.2, 0) is 0 Å². The normalized spacial score (nSPS) is 33.4. The van der Waals surface area contributed by atoms with Crippen molar-refractivity contribution in [1.29, 1.82) is 0 Å². The van der Waals surface area contributed by atoms with E-state index in [1.807, 2.05) is 0 Å². The zero-order valence-electron chi connectivity index (χ0n) is 39.7. The van der Waals surface area contributed by atoms with Crippen molar-refractivity contribution in [3.05, 3.63) is 146 Å². The molecule has 70 heavy (non-hydrogen) atoms. The van der Waals surface area contributed by atoms with E-state index in [-0.39, 0.29) is 72.5 Å². The molecule has 12 aliphatic rings. The molecule has 0 aromatic rings. The van der Waals surface area contributed by atoms with Crippen molar-refractivity contribution in [2.24, 2.45) is 30.0 Å². The molecule has 0 fully saturated rings. The number of rotatable bonds is 21. The van der Waals surface area contributed by atoms with Crippen molar-refractivity contribution in [3.8, 4) is 0 Å². The van der Waals surface area contributed by atoms with Crippen molar-refractivity contribution < 1.29 is 0 Å². The van der Waals surface area contributed by atoms with Gasteiger partial charge in [-0.1, -0.05) is 146 Å². The summed E-state index contributed by atoms with van der Waals surface area (Å²) in [7, 11) is 0. The molecule has 0 amide bonds. The van der Waals surface area contributed by atoms with Crippen LogP contribution in [0, 0.1) is 0 Å². The van der Waals surface area contributed by atoms with E-state index in [1.165, 1.54) is 0 Å². The Labute approximate surface area is 411 Å². The van der Waals surface area contributed by atoms with Gasteiger partial charge in [0.1, 0.15) is 35.0 Å². The number of nitrogens with zero attached hydrogens (tertiary/aromatic N) is 10. The van der Waals surface area contributed by atoms with Crippen LogP contribution in [0.3, 0.4) is 0 Å². The van der Waals surface area contributed by atoms with Crippen LogP contribution in [0.2, 0.25) is 0 Å². The van der Waals surface area contributed by atoms with E-state index in [0.29, 0.717) is 26.2 Å². The zero-order chi connectivity index (χ0) is 46.6. The van der Waals surface area contributed by atoms with E-state index in [1.54, 1.807) is 0 Å². The van der Waals surface area contributed by atoms with Crippen molar-refractivity contribution in [3.63, 3.8) is 0 Å². The van der Waals surface area contributed by atoms with Gasteiger partial charge in [-0.15, -0.1) is 0 Å². The van der Waals surface area contributed by atoms with Gasteiger partial charge in [0, 0.05) is 39.3 Å². The van der Waals surface area contributed by atoms with Crippen molar-refractivity contribution in [1.82, 2.24) is 51.5 Å². The number of amidine groups is 6. The Morgan fingerprint density at radius 2 is 0.414 bits per heavy atom. The number of hydrogen-bond acceptors (Lipinski definition) is 16. The average molecular weight is 939 g/mol. The summed E-state index contributed by atoms with van der Waals surface area (Å²) in [5.41, 5.74) is 0. The number of hydrogen-bond donors (Lipinski definition) is 6. The van der Waals surface area contributed by atoms with Gasteiger partial charge in [0.15, 0.2) is 0 Å². The van der Waals surface area contributed by atoms with Crippen LogP contribution in [-0.4, -0.2) is 206 Å². The Morgan fingerprint density at radius 3 is 0.614 bits per heavy atom. The molecule has 6 aliphatic carbocycles. The highest BCUT2D eigenvalue weighted by molar-refractivity contribution is 5.91. The molecule has 16 nitrogen and oxygen atoms in total. The van der Waals surface area contributed by atoms with Crippen LogP contribution in [0.15, 0.2) is 176 Å². The van der Waals surface area contributed by atoms with Crippen LogP contribution < -0.4 is 31.9 Å². The predicted octanol–water partition coefficient (Wildman–Crippen LogP) is 1.38. The topological polar surface area (TPSA) is 159 Å². The fourth-order valence-corrected chi connectivity index (χ4v) is 11.2. The summed E-state index contributed by atoms with van der Waals surface area (Å²) in [6.07, 6.45) is 51.9. The summed E-state index contributed by atoms with van der Waals surface area (Å²) in [6.45, 7) is 9.34. The molecule has 0 radical (unpaired) electrons. The zero-order valence-corrected chi connectivity index (χ0v) is 39.7. The minimum Gasteiger partial charge on any atom is -0.364 e. The smallest absolute Gasteiger partial charge is 0.112 e. The van der Waals surface area contributed by atoms with Gasteiger partial charge in [-0.2, -0.15) is 0 Å². The molecule has 12 atom stereocenters. The second-order valence-electron chi connectivity index (χ2n) is 20.0. The minimum absolute atomic E-state index is 0.125. The maximum absolute atomic E-state index is 5.20. The number of allylic oxidation sites excluding steroid dienone is 12. The number of aliphatic imine (C=N–C) groups is 6. The van der Waals surface area contributed by atoms with E-state index in [4.69, 9.17) is 30.0 Å². The highest BCUT2D eigenvalue weighted by Gasteiger charge is 2.34. The molecule has 6 aliphatic heterocycles. The minimum atomic E-state index is 0.125. The fourth-order valence-electron chi connectivity index (χ4n) is 11.2. The molecule has 0 aromatic heterocycles. The summed E-state index contributed by atoms with van der Waals surface area (Å²) in [5.74, 6) is 6.19. The predicted molar refractivity (Wildman–Crippen MR) is 284 cm³/mol. The third-order valence-corrected chi connectivity index (χ3v) is 14.9. The average Bonchev–Trinajstić information content (AvgIpc) is 4.25. The summed E-state index contributed by atoms with van der Waals surface area (Å²) in [4.78, 5) is 41.2. The molecule has 362 valence electrons. The molecule has 6 N–H and O–H groups in total. The highest BCUT2D eigenvalue weighted by atomic mass is 15.3. The second-order valence-corrected chi connectivity index (χ2v) is 20.0. The van der Waals surface area contributed by atoms with Crippen molar-refractivity contribution in [2.75, 3.05) is 78.5 Å². The summed E-state index contributed by atoms with van der Waals surface area (Å²) >= 11 is 0. The molecule has 12 rings (SSSR count). The Morgan fingerprint density at radius 1 is 0.243 bits per heavy atom. The van der Waals surface area contributed by atoms with Gasteiger partial charge in [0.05, 0.1) is 112 Å². The van der Waals surface area contributed by atoms with Crippen molar-refractivity contribution in [2.45, 2.75) is 72.5 Å².